The molecule has 0 spiro atoms. The third-order valence-corrected chi connectivity index (χ3v) is 4.80. The van der Waals surface area contributed by atoms with Crippen LogP contribution in [0.1, 0.15) is 24.9 Å². The molecule has 0 radical (unpaired) electrons. The van der Waals surface area contributed by atoms with Gasteiger partial charge in [0.1, 0.15) is 6.04 Å². The Balaban J connectivity index is 1.61. The highest BCUT2D eigenvalue weighted by Gasteiger charge is 2.22. The van der Waals surface area contributed by atoms with E-state index < -0.39 is 6.04 Å². The van der Waals surface area contributed by atoms with E-state index in [0.29, 0.717) is 29.3 Å². The van der Waals surface area contributed by atoms with Crippen LogP contribution in [0.5, 0.6) is 11.5 Å². The average Bonchev–Trinajstić information content (AvgIpc) is 3.18. The van der Waals surface area contributed by atoms with Crippen LogP contribution in [0, 0.1) is 6.92 Å². The predicted octanol–water partition coefficient (Wildman–Crippen LogP) is 3.54. The van der Waals surface area contributed by atoms with E-state index in [9.17, 15) is 9.59 Å². The lowest BCUT2D eigenvalue weighted by Crippen LogP contribution is -2.34. The number of hydrogen-bond donors (Lipinski definition) is 1. The molecule has 1 aromatic heterocycles. The number of nitrogens with zero attached hydrogens (tertiary/aromatic N) is 2. The van der Waals surface area contributed by atoms with Crippen LogP contribution in [0.3, 0.4) is 0 Å². The van der Waals surface area contributed by atoms with Crippen molar-refractivity contribution < 1.29 is 14.3 Å². The van der Waals surface area contributed by atoms with Gasteiger partial charge in [0.05, 0.1) is 5.69 Å². The quantitative estimate of drug-likeness (QED) is 0.719. The Labute approximate surface area is 167 Å². The molecule has 29 heavy (non-hydrogen) atoms. The Morgan fingerprint density at radius 1 is 1.10 bits per heavy atom. The molecule has 1 unspecified atom stereocenters. The van der Waals surface area contributed by atoms with Gasteiger partial charge in [0, 0.05) is 23.4 Å². The lowest BCUT2D eigenvalue weighted by Gasteiger charge is -2.17. The molecule has 0 saturated carbocycles. The Morgan fingerprint density at radius 2 is 1.86 bits per heavy atom. The number of carbonyl (C=O) groups is 1. The average molecular weight is 391 g/mol. The molecule has 0 bridgehead atoms. The summed E-state index contributed by atoms with van der Waals surface area (Å²) >= 11 is 0. The number of aryl methyl sites for hydroxylation is 1. The molecule has 148 valence electrons. The fraction of sp³-hybridized carbons (Fsp3) is 0.227. The second kappa shape index (κ2) is 7.79. The van der Waals surface area contributed by atoms with E-state index in [2.05, 4.69) is 10.4 Å². The first-order valence-electron chi connectivity index (χ1n) is 9.42. The highest BCUT2D eigenvalue weighted by Crippen LogP contribution is 2.34. The van der Waals surface area contributed by atoms with Gasteiger partial charge >= 0.3 is 0 Å². The topological polar surface area (TPSA) is 82.4 Å². The van der Waals surface area contributed by atoms with Crippen LogP contribution in [0.4, 0.5) is 5.69 Å². The van der Waals surface area contributed by atoms with Crippen molar-refractivity contribution in [1.29, 1.82) is 0 Å². The van der Waals surface area contributed by atoms with Crippen molar-refractivity contribution in [3.8, 4) is 22.8 Å². The fourth-order valence-electron chi connectivity index (χ4n) is 3.20. The van der Waals surface area contributed by atoms with E-state index in [4.69, 9.17) is 9.47 Å². The summed E-state index contributed by atoms with van der Waals surface area (Å²) in [6.45, 7) is 4.01. The molecule has 7 heteroatoms. The maximum absolute atomic E-state index is 12.9. The number of nitrogens with one attached hydrogen (secondary N) is 1. The molecule has 2 heterocycles. The molecule has 1 N–H and O–H groups in total. The number of hydrogen-bond acceptors (Lipinski definition) is 5. The lowest BCUT2D eigenvalue weighted by atomic mass is 10.1. The highest BCUT2D eigenvalue weighted by atomic mass is 16.7. The van der Waals surface area contributed by atoms with Crippen molar-refractivity contribution in [2.24, 2.45) is 0 Å². The molecular formula is C22H21N3O4. The van der Waals surface area contributed by atoms with Gasteiger partial charge in [0.15, 0.2) is 11.5 Å². The molecule has 0 fully saturated rings. The van der Waals surface area contributed by atoms with Crippen molar-refractivity contribution in [3.05, 3.63) is 70.5 Å². The minimum absolute atomic E-state index is 0.162. The maximum atomic E-state index is 12.9. The minimum Gasteiger partial charge on any atom is -0.454 e. The predicted molar refractivity (Wildman–Crippen MR) is 109 cm³/mol. The van der Waals surface area contributed by atoms with E-state index >= 15 is 0 Å². The summed E-state index contributed by atoms with van der Waals surface area (Å²) in [6, 6.07) is 15.4. The van der Waals surface area contributed by atoms with Gasteiger partial charge in [-0.2, -0.15) is 5.10 Å². The van der Waals surface area contributed by atoms with E-state index in [1.54, 1.807) is 24.3 Å². The van der Waals surface area contributed by atoms with Gasteiger partial charge in [0.2, 0.25) is 12.7 Å². The molecule has 1 amide bonds. The highest BCUT2D eigenvalue weighted by molar-refractivity contribution is 5.94. The summed E-state index contributed by atoms with van der Waals surface area (Å²) < 4.78 is 11.9. The molecular weight excluding hydrogens is 370 g/mol. The largest absolute Gasteiger partial charge is 0.454 e. The number of carbonyl (C=O) groups excluding carboxylic acids is 1. The molecule has 1 aliphatic heterocycles. The normalized spacial score (nSPS) is 13.2. The van der Waals surface area contributed by atoms with Crippen LogP contribution in [-0.4, -0.2) is 22.5 Å². The molecule has 1 atom stereocenters. The first-order chi connectivity index (χ1) is 14.0. The number of ether oxygens (including phenoxy) is 2. The monoisotopic (exact) mass is 391 g/mol. The summed E-state index contributed by atoms with van der Waals surface area (Å²) in [7, 11) is 0. The zero-order chi connectivity index (χ0) is 20.4. The number of fused-ring (bicyclic) bond motifs is 1. The van der Waals surface area contributed by atoms with E-state index in [0.717, 1.165) is 11.1 Å². The summed E-state index contributed by atoms with van der Waals surface area (Å²) in [4.78, 5) is 25.4. The Bertz CT molecular complexity index is 1110. The zero-order valence-electron chi connectivity index (χ0n) is 16.2. The standard InChI is InChI=1S/C22H21N3O4/c1-3-18(22(27)23-16-8-10-19-20(12-16)29-13-28-19)25-21(26)11-9-17(24-25)15-6-4-14(2)5-7-15/h4-12,18H,3,13H2,1-2H3,(H,23,27). The van der Waals surface area contributed by atoms with Gasteiger partial charge in [-0.05, 0) is 31.5 Å². The van der Waals surface area contributed by atoms with Crippen LogP contribution in [-0.2, 0) is 4.79 Å². The van der Waals surface area contributed by atoms with Crippen molar-refractivity contribution in [1.82, 2.24) is 9.78 Å². The molecule has 0 saturated heterocycles. The smallest absolute Gasteiger partial charge is 0.267 e. The lowest BCUT2D eigenvalue weighted by molar-refractivity contribution is -0.119. The van der Waals surface area contributed by atoms with Crippen molar-refractivity contribution >= 4 is 11.6 Å². The summed E-state index contributed by atoms with van der Waals surface area (Å²) in [5, 5.41) is 7.30. The first-order valence-corrected chi connectivity index (χ1v) is 9.42. The molecule has 2 aromatic carbocycles. The van der Waals surface area contributed by atoms with Gasteiger partial charge in [-0.3, -0.25) is 9.59 Å². The molecule has 7 nitrogen and oxygen atoms in total. The van der Waals surface area contributed by atoms with Crippen LogP contribution in [0.15, 0.2) is 59.4 Å². The molecule has 1 aliphatic rings. The van der Waals surface area contributed by atoms with Crippen LogP contribution < -0.4 is 20.3 Å². The Morgan fingerprint density at radius 3 is 2.62 bits per heavy atom. The van der Waals surface area contributed by atoms with Gasteiger partial charge in [-0.15, -0.1) is 0 Å². The SMILES string of the molecule is CCC(C(=O)Nc1ccc2c(c1)OCO2)n1nc(-c2ccc(C)cc2)ccc1=O. The van der Waals surface area contributed by atoms with Gasteiger partial charge < -0.3 is 14.8 Å². The van der Waals surface area contributed by atoms with Crippen LogP contribution in [0.25, 0.3) is 11.3 Å². The molecule has 0 aliphatic carbocycles. The van der Waals surface area contributed by atoms with Crippen LogP contribution in [0.2, 0.25) is 0 Å². The maximum Gasteiger partial charge on any atom is 0.267 e. The molecule has 4 rings (SSSR count). The number of anilines is 1. The third kappa shape index (κ3) is 3.85. The summed E-state index contributed by atoms with van der Waals surface area (Å²) in [6.07, 6.45) is 0.417. The van der Waals surface area contributed by atoms with Gasteiger partial charge in [-0.1, -0.05) is 36.8 Å². The summed E-state index contributed by atoms with van der Waals surface area (Å²) in [5.74, 6) is 0.897. The second-order valence-electron chi connectivity index (χ2n) is 6.85. The van der Waals surface area contributed by atoms with Crippen molar-refractivity contribution in [3.63, 3.8) is 0 Å². The fourth-order valence-corrected chi connectivity index (χ4v) is 3.20. The summed E-state index contributed by atoms with van der Waals surface area (Å²) in [5.41, 5.74) is 2.90. The van der Waals surface area contributed by atoms with Gasteiger partial charge in [0.25, 0.3) is 5.56 Å². The molecule has 3 aromatic rings. The zero-order valence-corrected chi connectivity index (χ0v) is 16.2. The first kappa shape index (κ1) is 18.7. The number of amides is 1. The second-order valence-corrected chi connectivity index (χ2v) is 6.85. The van der Waals surface area contributed by atoms with E-state index in [-0.39, 0.29) is 18.3 Å². The number of rotatable bonds is 5. The Hall–Kier alpha value is -3.61. The van der Waals surface area contributed by atoms with Crippen molar-refractivity contribution in [2.75, 3.05) is 12.1 Å². The van der Waals surface area contributed by atoms with Gasteiger partial charge in [-0.25, -0.2) is 4.68 Å². The van der Waals surface area contributed by atoms with Crippen LogP contribution >= 0.6 is 0 Å². The number of aromatic nitrogens is 2. The van der Waals surface area contributed by atoms with Crippen molar-refractivity contribution in [2.45, 2.75) is 26.3 Å². The van der Waals surface area contributed by atoms with E-state index in [1.165, 1.54) is 10.7 Å². The minimum atomic E-state index is -0.738. The Kier molecular flexibility index (Phi) is 5.03. The number of benzene rings is 2. The third-order valence-electron chi connectivity index (χ3n) is 4.80. The van der Waals surface area contributed by atoms with E-state index in [1.807, 2.05) is 38.1 Å².